The lowest BCUT2D eigenvalue weighted by Crippen LogP contribution is -2.39. The fourth-order valence-corrected chi connectivity index (χ4v) is 1.29. The first kappa shape index (κ1) is 14.9. The number of carbonyl (C=O) groups is 2. The molecule has 0 heterocycles. The first-order valence-corrected chi connectivity index (χ1v) is 5.82. The Balaban J connectivity index is 4.06. The second kappa shape index (κ2) is 7.25. The van der Waals surface area contributed by atoms with E-state index >= 15 is 0 Å². The molecule has 1 amide bonds. The minimum Gasteiger partial charge on any atom is -0.444 e. The van der Waals surface area contributed by atoms with Crippen molar-refractivity contribution in [2.75, 3.05) is 0 Å². The summed E-state index contributed by atoms with van der Waals surface area (Å²) in [5, 5.41) is 2.72. The third-order valence-corrected chi connectivity index (χ3v) is 2.01. The molecule has 0 bridgehead atoms. The van der Waals surface area contributed by atoms with Crippen molar-refractivity contribution in [3.8, 4) is 0 Å². The number of carbonyl (C=O) groups excluding carboxylic acids is 2. The van der Waals surface area contributed by atoms with Gasteiger partial charge in [0.2, 0.25) is 0 Å². The summed E-state index contributed by atoms with van der Waals surface area (Å²) in [6, 6.07) is -0.104. The third kappa shape index (κ3) is 8.26. The Morgan fingerprint density at radius 1 is 1.44 bits per heavy atom. The molecule has 0 aromatic carbocycles. The Labute approximate surface area is 97.7 Å². The van der Waals surface area contributed by atoms with Crippen LogP contribution in [0.2, 0.25) is 0 Å². The molecule has 0 fully saturated rings. The van der Waals surface area contributed by atoms with Crippen LogP contribution in [-0.4, -0.2) is 24.0 Å². The Bertz CT molecular complexity index is 221. The van der Waals surface area contributed by atoms with E-state index in [0.29, 0.717) is 6.42 Å². The van der Waals surface area contributed by atoms with Crippen molar-refractivity contribution >= 4 is 12.4 Å². The number of amides is 1. The number of rotatable bonds is 6. The SMILES string of the molecule is CCCC[C@H](CC=O)NC(=O)OC(C)(C)C. The molecule has 0 aromatic rings. The van der Waals surface area contributed by atoms with Crippen molar-refractivity contribution < 1.29 is 14.3 Å². The Morgan fingerprint density at radius 2 is 2.06 bits per heavy atom. The van der Waals surface area contributed by atoms with Crippen LogP contribution in [0.25, 0.3) is 0 Å². The molecule has 0 unspecified atom stereocenters. The molecule has 0 spiro atoms. The van der Waals surface area contributed by atoms with Gasteiger partial charge in [-0.1, -0.05) is 19.8 Å². The lowest BCUT2D eigenvalue weighted by atomic mass is 10.1. The van der Waals surface area contributed by atoms with E-state index in [1.165, 1.54) is 0 Å². The van der Waals surface area contributed by atoms with Crippen LogP contribution in [0, 0.1) is 0 Å². The quantitative estimate of drug-likeness (QED) is 0.712. The van der Waals surface area contributed by atoms with Gasteiger partial charge in [0.15, 0.2) is 0 Å². The van der Waals surface area contributed by atoms with E-state index < -0.39 is 11.7 Å². The van der Waals surface area contributed by atoms with Gasteiger partial charge < -0.3 is 14.8 Å². The largest absolute Gasteiger partial charge is 0.444 e. The molecule has 1 atom stereocenters. The zero-order valence-electron chi connectivity index (χ0n) is 10.7. The van der Waals surface area contributed by atoms with Gasteiger partial charge in [-0.15, -0.1) is 0 Å². The molecule has 0 aromatic heterocycles. The lowest BCUT2D eigenvalue weighted by molar-refractivity contribution is -0.108. The van der Waals surface area contributed by atoms with Crippen LogP contribution in [0.5, 0.6) is 0 Å². The van der Waals surface area contributed by atoms with Gasteiger partial charge in [-0.25, -0.2) is 4.79 Å². The smallest absolute Gasteiger partial charge is 0.407 e. The minimum absolute atomic E-state index is 0.104. The van der Waals surface area contributed by atoms with Gasteiger partial charge in [0.05, 0.1) is 0 Å². The highest BCUT2D eigenvalue weighted by Gasteiger charge is 2.18. The van der Waals surface area contributed by atoms with Gasteiger partial charge in [0.1, 0.15) is 11.9 Å². The van der Waals surface area contributed by atoms with E-state index in [1.54, 1.807) is 0 Å². The average Bonchev–Trinajstić information content (AvgIpc) is 2.11. The second-order valence-corrected chi connectivity index (χ2v) is 4.89. The summed E-state index contributed by atoms with van der Waals surface area (Å²) in [6.07, 6.45) is 3.58. The van der Waals surface area contributed by atoms with Crippen molar-refractivity contribution in [1.29, 1.82) is 0 Å². The second-order valence-electron chi connectivity index (χ2n) is 4.89. The number of aldehydes is 1. The van der Waals surface area contributed by atoms with E-state index in [-0.39, 0.29) is 6.04 Å². The number of nitrogens with one attached hydrogen (secondary N) is 1. The van der Waals surface area contributed by atoms with Crippen molar-refractivity contribution in [1.82, 2.24) is 5.32 Å². The van der Waals surface area contributed by atoms with Crippen molar-refractivity contribution in [3.05, 3.63) is 0 Å². The summed E-state index contributed by atoms with van der Waals surface area (Å²) in [6.45, 7) is 7.51. The fourth-order valence-electron chi connectivity index (χ4n) is 1.29. The molecule has 4 nitrogen and oxygen atoms in total. The molecule has 94 valence electrons. The normalized spacial score (nSPS) is 13.0. The number of unbranched alkanes of at least 4 members (excludes halogenated alkanes) is 1. The highest BCUT2D eigenvalue weighted by atomic mass is 16.6. The molecular weight excluding hydrogens is 206 g/mol. The van der Waals surface area contributed by atoms with Crippen LogP contribution >= 0.6 is 0 Å². The molecule has 16 heavy (non-hydrogen) atoms. The predicted molar refractivity (Wildman–Crippen MR) is 63.4 cm³/mol. The van der Waals surface area contributed by atoms with Gasteiger partial charge in [-0.05, 0) is 27.2 Å². The Morgan fingerprint density at radius 3 is 2.50 bits per heavy atom. The zero-order chi connectivity index (χ0) is 12.6. The summed E-state index contributed by atoms with van der Waals surface area (Å²) in [5.41, 5.74) is -0.499. The van der Waals surface area contributed by atoms with Gasteiger partial charge >= 0.3 is 6.09 Å². The molecule has 0 saturated heterocycles. The molecular formula is C12H23NO3. The van der Waals surface area contributed by atoms with E-state index in [0.717, 1.165) is 25.5 Å². The first-order valence-electron chi connectivity index (χ1n) is 5.82. The molecule has 4 heteroatoms. The maximum atomic E-state index is 11.5. The standard InChI is InChI=1S/C12H23NO3/c1-5-6-7-10(8-9-14)13-11(15)16-12(2,3)4/h9-10H,5-8H2,1-4H3,(H,13,15)/t10-/m1/s1. The van der Waals surface area contributed by atoms with Crippen LogP contribution in [0.4, 0.5) is 4.79 Å². The minimum atomic E-state index is -0.499. The average molecular weight is 229 g/mol. The monoisotopic (exact) mass is 229 g/mol. The molecule has 0 aliphatic heterocycles. The van der Waals surface area contributed by atoms with E-state index in [2.05, 4.69) is 12.2 Å². The van der Waals surface area contributed by atoms with Gasteiger partial charge in [-0.2, -0.15) is 0 Å². The fraction of sp³-hybridized carbons (Fsp3) is 0.833. The molecule has 0 radical (unpaired) electrons. The summed E-state index contributed by atoms with van der Waals surface area (Å²) in [7, 11) is 0. The number of alkyl carbamates (subject to hydrolysis) is 1. The van der Waals surface area contributed by atoms with Gasteiger partial charge in [0.25, 0.3) is 0 Å². The van der Waals surface area contributed by atoms with Gasteiger partial charge in [-0.3, -0.25) is 0 Å². The van der Waals surface area contributed by atoms with Crippen LogP contribution in [-0.2, 0) is 9.53 Å². The summed E-state index contributed by atoms with van der Waals surface area (Å²) < 4.78 is 5.13. The molecule has 0 aliphatic rings. The van der Waals surface area contributed by atoms with E-state index in [1.807, 2.05) is 20.8 Å². The summed E-state index contributed by atoms with van der Waals surface area (Å²) >= 11 is 0. The maximum Gasteiger partial charge on any atom is 0.407 e. The van der Waals surface area contributed by atoms with Crippen LogP contribution in [0.15, 0.2) is 0 Å². The highest BCUT2D eigenvalue weighted by molar-refractivity contribution is 5.68. The third-order valence-electron chi connectivity index (χ3n) is 2.01. The van der Waals surface area contributed by atoms with Crippen molar-refractivity contribution in [2.24, 2.45) is 0 Å². The Kier molecular flexibility index (Phi) is 6.77. The summed E-state index contributed by atoms with van der Waals surface area (Å²) in [4.78, 5) is 21.9. The van der Waals surface area contributed by atoms with Gasteiger partial charge in [0, 0.05) is 12.5 Å². The van der Waals surface area contributed by atoms with E-state index in [4.69, 9.17) is 4.74 Å². The zero-order valence-corrected chi connectivity index (χ0v) is 10.7. The molecule has 0 aliphatic carbocycles. The first-order chi connectivity index (χ1) is 7.39. The Hall–Kier alpha value is -1.06. The van der Waals surface area contributed by atoms with Crippen LogP contribution in [0.1, 0.15) is 53.4 Å². The number of ether oxygens (including phenoxy) is 1. The number of hydrogen-bond acceptors (Lipinski definition) is 3. The highest BCUT2D eigenvalue weighted by Crippen LogP contribution is 2.09. The molecule has 0 saturated carbocycles. The predicted octanol–water partition coefficient (Wildman–Crippen LogP) is 2.66. The lowest BCUT2D eigenvalue weighted by Gasteiger charge is -2.22. The van der Waals surface area contributed by atoms with Crippen molar-refractivity contribution in [3.63, 3.8) is 0 Å². The topological polar surface area (TPSA) is 55.4 Å². The number of hydrogen-bond donors (Lipinski definition) is 1. The molecule has 0 rings (SSSR count). The van der Waals surface area contributed by atoms with Crippen LogP contribution in [0.3, 0.4) is 0 Å². The maximum absolute atomic E-state index is 11.5. The van der Waals surface area contributed by atoms with E-state index in [9.17, 15) is 9.59 Å². The van der Waals surface area contributed by atoms with Crippen LogP contribution < -0.4 is 5.32 Å². The summed E-state index contributed by atoms with van der Waals surface area (Å²) in [5.74, 6) is 0. The van der Waals surface area contributed by atoms with Crippen molar-refractivity contribution in [2.45, 2.75) is 65.0 Å². The molecule has 1 N–H and O–H groups in total.